The maximum absolute atomic E-state index is 14.0. The minimum Gasteiger partial charge on any atom is -0.444 e. The number of nitrogens with one attached hydrogen (secondary N) is 2. The van der Waals surface area contributed by atoms with Gasteiger partial charge in [-0.1, -0.05) is 51.0 Å². The molecule has 4 atom stereocenters. The molecule has 2 N–H and O–H groups in total. The van der Waals surface area contributed by atoms with Crippen molar-refractivity contribution >= 4 is 17.9 Å². The number of alkyl carbamates (subject to hydrolysis) is 1. The lowest BCUT2D eigenvalue weighted by atomic mass is 9.93. The molecule has 0 fully saturated rings. The van der Waals surface area contributed by atoms with Crippen LogP contribution in [0.25, 0.3) is 0 Å². The fourth-order valence-electron chi connectivity index (χ4n) is 4.38. The SMILES string of the molecule is CCCC(C)NC(=O)C(c1cc(C)ccc1C)N(C(=O)C(C)NC(=O)OC(C)(C)C)C(C)CCC(C)C. The van der Waals surface area contributed by atoms with Crippen molar-refractivity contribution in [1.82, 2.24) is 15.5 Å². The van der Waals surface area contributed by atoms with Crippen LogP contribution in [-0.2, 0) is 14.3 Å². The third-order valence-corrected chi connectivity index (χ3v) is 6.36. The molecule has 0 bridgehead atoms. The quantitative estimate of drug-likeness (QED) is 0.345. The Kier molecular flexibility index (Phi) is 12.6. The van der Waals surface area contributed by atoms with Crippen LogP contribution in [0.1, 0.15) is 111 Å². The molecule has 210 valence electrons. The summed E-state index contributed by atoms with van der Waals surface area (Å²) >= 11 is 0. The molecule has 0 heterocycles. The molecule has 1 rings (SSSR count). The highest BCUT2D eigenvalue weighted by Crippen LogP contribution is 2.30. The number of nitrogens with zero attached hydrogens (tertiary/aromatic N) is 1. The average Bonchev–Trinajstić information content (AvgIpc) is 2.75. The summed E-state index contributed by atoms with van der Waals surface area (Å²) < 4.78 is 5.38. The van der Waals surface area contributed by atoms with E-state index in [2.05, 4.69) is 31.4 Å². The minimum absolute atomic E-state index is 0.0228. The van der Waals surface area contributed by atoms with Crippen molar-refractivity contribution in [2.75, 3.05) is 0 Å². The molecule has 0 aromatic heterocycles. The molecule has 0 saturated carbocycles. The van der Waals surface area contributed by atoms with Crippen LogP contribution >= 0.6 is 0 Å². The summed E-state index contributed by atoms with van der Waals surface area (Å²) in [7, 11) is 0. The molecule has 0 radical (unpaired) electrons. The number of benzene rings is 1. The second-order valence-electron chi connectivity index (χ2n) is 11.9. The van der Waals surface area contributed by atoms with E-state index in [-0.39, 0.29) is 23.9 Å². The van der Waals surface area contributed by atoms with Crippen molar-refractivity contribution in [3.63, 3.8) is 0 Å². The van der Waals surface area contributed by atoms with Crippen molar-refractivity contribution in [1.29, 1.82) is 0 Å². The van der Waals surface area contributed by atoms with Gasteiger partial charge in [-0.2, -0.15) is 0 Å². The Morgan fingerprint density at radius 2 is 1.57 bits per heavy atom. The molecular weight excluding hydrogens is 466 g/mol. The first kappa shape index (κ1) is 32.5. The van der Waals surface area contributed by atoms with Gasteiger partial charge in [0.25, 0.3) is 0 Å². The highest BCUT2D eigenvalue weighted by atomic mass is 16.6. The van der Waals surface area contributed by atoms with Crippen molar-refractivity contribution in [2.45, 2.75) is 132 Å². The summed E-state index contributed by atoms with van der Waals surface area (Å²) in [5.41, 5.74) is 2.07. The second-order valence-corrected chi connectivity index (χ2v) is 11.9. The lowest BCUT2D eigenvalue weighted by Crippen LogP contribution is -2.55. The van der Waals surface area contributed by atoms with E-state index in [0.29, 0.717) is 5.92 Å². The molecule has 7 heteroatoms. The summed E-state index contributed by atoms with van der Waals surface area (Å²) in [6, 6.07) is 4.05. The topological polar surface area (TPSA) is 87.7 Å². The Morgan fingerprint density at radius 3 is 2.11 bits per heavy atom. The largest absolute Gasteiger partial charge is 0.444 e. The predicted octanol–water partition coefficient (Wildman–Crippen LogP) is 6.22. The number of carbonyl (C=O) groups is 3. The zero-order valence-electron chi connectivity index (χ0n) is 25.0. The Morgan fingerprint density at radius 1 is 0.946 bits per heavy atom. The van der Waals surface area contributed by atoms with Crippen molar-refractivity contribution in [2.24, 2.45) is 5.92 Å². The van der Waals surface area contributed by atoms with Gasteiger partial charge in [-0.05, 0) is 91.7 Å². The Bertz CT molecular complexity index is 907. The Balaban J connectivity index is 3.55. The van der Waals surface area contributed by atoms with Crippen molar-refractivity contribution < 1.29 is 19.1 Å². The summed E-state index contributed by atoms with van der Waals surface area (Å²) in [6.45, 7) is 21.3. The molecule has 4 unspecified atom stereocenters. The van der Waals surface area contributed by atoms with Crippen LogP contribution in [0.3, 0.4) is 0 Å². The fraction of sp³-hybridized carbons (Fsp3) is 0.700. The van der Waals surface area contributed by atoms with Gasteiger partial charge in [0.15, 0.2) is 0 Å². The van der Waals surface area contributed by atoms with Gasteiger partial charge in [0.05, 0.1) is 0 Å². The lowest BCUT2D eigenvalue weighted by molar-refractivity contribution is -0.145. The summed E-state index contributed by atoms with van der Waals surface area (Å²) in [6.07, 6.45) is 2.78. The molecule has 0 aliphatic rings. The van der Waals surface area contributed by atoms with Gasteiger partial charge in [0.2, 0.25) is 11.8 Å². The zero-order valence-corrected chi connectivity index (χ0v) is 25.0. The van der Waals surface area contributed by atoms with Crippen molar-refractivity contribution in [3.05, 3.63) is 34.9 Å². The molecule has 7 nitrogen and oxygen atoms in total. The first-order chi connectivity index (χ1) is 17.1. The van der Waals surface area contributed by atoms with Crippen LogP contribution in [0.2, 0.25) is 0 Å². The third kappa shape index (κ3) is 10.7. The zero-order chi connectivity index (χ0) is 28.5. The first-order valence-electron chi connectivity index (χ1n) is 13.8. The highest BCUT2D eigenvalue weighted by molar-refractivity contribution is 5.92. The first-order valence-corrected chi connectivity index (χ1v) is 13.8. The average molecular weight is 518 g/mol. The number of amides is 3. The molecule has 0 saturated heterocycles. The summed E-state index contributed by atoms with van der Waals surface area (Å²) in [4.78, 5) is 42.1. The van der Waals surface area contributed by atoms with E-state index >= 15 is 0 Å². The number of hydrogen-bond donors (Lipinski definition) is 2. The van der Waals surface area contributed by atoms with E-state index in [4.69, 9.17) is 4.74 Å². The Labute approximate surface area is 225 Å². The van der Waals surface area contributed by atoms with Gasteiger partial charge >= 0.3 is 6.09 Å². The predicted molar refractivity (Wildman–Crippen MR) is 150 cm³/mol. The minimum atomic E-state index is -0.871. The van der Waals surface area contributed by atoms with Crippen LogP contribution in [0.5, 0.6) is 0 Å². The number of rotatable bonds is 12. The van der Waals surface area contributed by atoms with E-state index in [1.807, 2.05) is 45.9 Å². The number of aryl methyl sites for hydroxylation is 2. The number of ether oxygens (including phenoxy) is 1. The van der Waals surface area contributed by atoms with Gasteiger partial charge in [-0.15, -0.1) is 0 Å². The molecule has 1 aromatic carbocycles. The van der Waals surface area contributed by atoms with Gasteiger partial charge in [0, 0.05) is 12.1 Å². The van der Waals surface area contributed by atoms with E-state index in [9.17, 15) is 14.4 Å². The van der Waals surface area contributed by atoms with Gasteiger partial charge < -0.3 is 20.3 Å². The summed E-state index contributed by atoms with van der Waals surface area (Å²) in [5.74, 6) is -0.0653. The van der Waals surface area contributed by atoms with Crippen LogP contribution in [0, 0.1) is 19.8 Å². The van der Waals surface area contributed by atoms with E-state index < -0.39 is 23.8 Å². The fourth-order valence-corrected chi connectivity index (χ4v) is 4.38. The molecule has 0 aliphatic carbocycles. The standard InChI is InChI=1S/C30H51N3O4/c1-12-13-22(6)31-27(34)26(25-18-20(4)15-16-21(25)5)33(23(7)17-14-19(2)3)28(35)24(8)32-29(36)37-30(9,10)11/h15-16,18-19,22-24,26H,12-14,17H2,1-11H3,(H,31,34)(H,32,36). The molecule has 0 spiro atoms. The van der Waals surface area contributed by atoms with Crippen LogP contribution in [0.15, 0.2) is 18.2 Å². The maximum Gasteiger partial charge on any atom is 0.408 e. The molecule has 1 aromatic rings. The number of hydrogen-bond acceptors (Lipinski definition) is 4. The monoisotopic (exact) mass is 517 g/mol. The maximum atomic E-state index is 14.0. The number of carbonyl (C=O) groups excluding carboxylic acids is 3. The van der Waals surface area contributed by atoms with Crippen LogP contribution in [0.4, 0.5) is 4.79 Å². The lowest BCUT2D eigenvalue weighted by Gasteiger charge is -2.39. The van der Waals surface area contributed by atoms with Gasteiger partial charge in [-0.3, -0.25) is 9.59 Å². The third-order valence-electron chi connectivity index (χ3n) is 6.36. The van der Waals surface area contributed by atoms with Crippen LogP contribution in [-0.4, -0.2) is 46.5 Å². The Hall–Kier alpha value is -2.57. The van der Waals surface area contributed by atoms with Crippen molar-refractivity contribution in [3.8, 4) is 0 Å². The van der Waals surface area contributed by atoms with E-state index in [1.54, 1.807) is 32.6 Å². The smallest absolute Gasteiger partial charge is 0.408 e. The molecule has 0 aliphatic heterocycles. The van der Waals surface area contributed by atoms with E-state index in [0.717, 1.165) is 42.4 Å². The molecule has 37 heavy (non-hydrogen) atoms. The van der Waals surface area contributed by atoms with Gasteiger partial charge in [0.1, 0.15) is 17.7 Å². The normalized spacial score (nSPS) is 14.9. The summed E-state index contributed by atoms with van der Waals surface area (Å²) in [5, 5.41) is 5.83. The highest BCUT2D eigenvalue weighted by Gasteiger charge is 2.38. The second kappa shape index (κ2) is 14.4. The molecular formula is C30H51N3O4. The van der Waals surface area contributed by atoms with E-state index in [1.165, 1.54) is 0 Å². The van der Waals surface area contributed by atoms with Crippen LogP contribution < -0.4 is 10.6 Å². The molecule has 3 amide bonds. The van der Waals surface area contributed by atoms with Gasteiger partial charge in [-0.25, -0.2) is 4.79 Å².